The summed E-state index contributed by atoms with van der Waals surface area (Å²) in [6.45, 7) is 3.57. The summed E-state index contributed by atoms with van der Waals surface area (Å²) in [5.41, 5.74) is 6.13. The lowest BCUT2D eigenvalue weighted by Crippen LogP contribution is -2.24. The molecule has 0 bridgehead atoms. The number of hydrogen-bond donors (Lipinski definition) is 1. The van der Waals surface area contributed by atoms with E-state index in [1.165, 1.54) is 24.1 Å². The van der Waals surface area contributed by atoms with Crippen LogP contribution >= 0.6 is 11.8 Å². The van der Waals surface area contributed by atoms with Crippen LogP contribution in [0.2, 0.25) is 0 Å². The van der Waals surface area contributed by atoms with Crippen molar-refractivity contribution in [2.45, 2.75) is 6.42 Å². The van der Waals surface area contributed by atoms with E-state index in [0.717, 1.165) is 0 Å². The summed E-state index contributed by atoms with van der Waals surface area (Å²) < 4.78 is 5.17. The molecule has 2 rings (SSSR count). The molecule has 0 aromatic carbocycles. The van der Waals surface area contributed by atoms with Gasteiger partial charge in [-0.05, 0) is 18.2 Å². The maximum atomic E-state index is 12.1. The van der Waals surface area contributed by atoms with E-state index in [0.29, 0.717) is 22.0 Å². The van der Waals surface area contributed by atoms with Gasteiger partial charge in [0.2, 0.25) is 5.78 Å². The number of Topliss-reactive ketones (excluding diaryl/α,β-unsaturated/α-hetero) is 1. The molecule has 0 atom stereocenters. The van der Waals surface area contributed by atoms with E-state index in [9.17, 15) is 9.59 Å². The van der Waals surface area contributed by atoms with Gasteiger partial charge in [-0.25, -0.2) is 0 Å². The fourth-order valence-corrected chi connectivity index (χ4v) is 2.46. The Hall–Kier alpha value is -2.01. The number of allylic oxidation sites excluding steroid dienone is 3. The highest BCUT2D eigenvalue weighted by Crippen LogP contribution is 2.27. The quantitative estimate of drug-likeness (QED) is 0.657. The molecule has 1 heterocycles. The Kier molecular flexibility index (Phi) is 4.06. The van der Waals surface area contributed by atoms with Gasteiger partial charge in [0, 0.05) is 17.7 Å². The average molecular weight is 275 g/mol. The number of rotatable bonds is 5. The van der Waals surface area contributed by atoms with Crippen LogP contribution in [0.4, 0.5) is 0 Å². The number of carbonyl (C=O) groups is 2. The predicted octanol–water partition coefficient (Wildman–Crippen LogP) is 1.99. The predicted molar refractivity (Wildman–Crippen MR) is 74.4 cm³/mol. The first-order chi connectivity index (χ1) is 9.13. The molecule has 1 aliphatic rings. The minimum absolute atomic E-state index is 0.0147. The molecule has 0 radical (unpaired) electrons. The number of thioether (sulfide) groups is 1. The summed E-state index contributed by atoms with van der Waals surface area (Å²) >= 11 is 1.23. The van der Waals surface area contributed by atoms with Crippen LogP contribution in [0.15, 0.2) is 57.7 Å². The van der Waals surface area contributed by atoms with Crippen LogP contribution < -0.4 is 5.73 Å². The van der Waals surface area contributed by atoms with Crippen LogP contribution in [0.5, 0.6) is 0 Å². The maximum absolute atomic E-state index is 12.1. The lowest BCUT2D eigenvalue weighted by molar-refractivity contribution is -0.115. The van der Waals surface area contributed by atoms with Gasteiger partial charge in [-0.15, -0.1) is 18.3 Å². The van der Waals surface area contributed by atoms with Crippen molar-refractivity contribution in [3.05, 3.63) is 59.1 Å². The zero-order valence-corrected chi connectivity index (χ0v) is 11.0. The topological polar surface area (TPSA) is 73.3 Å². The van der Waals surface area contributed by atoms with Gasteiger partial charge in [0.1, 0.15) is 5.76 Å². The van der Waals surface area contributed by atoms with Gasteiger partial charge in [-0.3, -0.25) is 9.59 Å². The number of ketones is 2. The highest BCUT2D eigenvalue weighted by Gasteiger charge is 2.27. The van der Waals surface area contributed by atoms with Crippen molar-refractivity contribution in [2.24, 2.45) is 5.73 Å². The number of carbonyl (C=O) groups excluding carboxylic acids is 2. The van der Waals surface area contributed by atoms with Crippen LogP contribution in [-0.4, -0.2) is 17.3 Å². The van der Waals surface area contributed by atoms with Crippen molar-refractivity contribution < 1.29 is 14.0 Å². The second-order valence-corrected chi connectivity index (χ2v) is 4.99. The molecule has 1 aromatic heterocycles. The Bertz CT molecular complexity index is 582. The van der Waals surface area contributed by atoms with Crippen LogP contribution in [-0.2, 0) is 16.0 Å². The molecule has 0 saturated heterocycles. The number of hydrogen-bond acceptors (Lipinski definition) is 5. The minimum atomic E-state index is -0.303. The summed E-state index contributed by atoms with van der Waals surface area (Å²) in [7, 11) is 0. The molecule has 0 saturated carbocycles. The van der Waals surface area contributed by atoms with Crippen LogP contribution in [0, 0.1) is 0 Å². The Morgan fingerprint density at radius 2 is 2.21 bits per heavy atom. The van der Waals surface area contributed by atoms with Crippen LogP contribution in [0.3, 0.4) is 0 Å². The summed E-state index contributed by atoms with van der Waals surface area (Å²) in [5.74, 6) is 0.631. The zero-order chi connectivity index (χ0) is 13.8. The fourth-order valence-electron chi connectivity index (χ4n) is 1.72. The third-order valence-electron chi connectivity index (χ3n) is 2.60. The first kappa shape index (κ1) is 13.4. The van der Waals surface area contributed by atoms with Gasteiger partial charge in [0.05, 0.1) is 16.9 Å². The molecular weight excluding hydrogens is 262 g/mol. The SMILES string of the molecule is C=CCSC1=C(N)C(=O)C(Cc2ccco2)=CC1=O. The second-order valence-electron chi connectivity index (χ2n) is 3.96. The van der Waals surface area contributed by atoms with Crippen molar-refractivity contribution >= 4 is 23.3 Å². The molecule has 0 amide bonds. The van der Waals surface area contributed by atoms with E-state index in [1.54, 1.807) is 18.2 Å². The van der Waals surface area contributed by atoms with Crippen molar-refractivity contribution in [3.63, 3.8) is 0 Å². The van der Waals surface area contributed by atoms with Crippen LogP contribution in [0.25, 0.3) is 0 Å². The normalized spacial score (nSPS) is 15.7. The van der Waals surface area contributed by atoms with E-state index < -0.39 is 0 Å². The van der Waals surface area contributed by atoms with E-state index in [4.69, 9.17) is 10.2 Å². The first-order valence-electron chi connectivity index (χ1n) is 5.69. The molecule has 19 heavy (non-hydrogen) atoms. The zero-order valence-electron chi connectivity index (χ0n) is 10.2. The standard InChI is InChI=1S/C14H13NO3S/c1-2-6-19-14-11(16)8-9(13(17)12(14)15)7-10-4-3-5-18-10/h2-5,8H,1,6-7,15H2. The van der Waals surface area contributed by atoms with Crippen molar-refractivity contribution in [3.8, 4) is 0 Å². The molecule has 0 aliphatic heterocycles. The van der Waals surface area contributed by atoms with Gasteiger partial charge in [-0.1, -0.05) is 6.08 Å². The molecule has 0 unspecified atom stereocenters. The third kappa shape index (κ3) is 2.88. The van der Waals surface area contributed by atoms with Gasteiger partial charge in [0.25, 0.3) is 0 Å². The largest absolute Gasteiger partial charge is 0.469 e. The first-order valence-corrected chi connectivity index (χ1v) is 6.67. The summed E-state index contributed by atoms with van der Waals surface area (Å²) in [6.07, 6.45) is 4.80. The van der Waals surface area contributed by atoms with Gasteiger partial charge >= 0.3 is 0 Å². The molecule has 4 nitrogen and oxygen atoms in total. The molecular formula is C14H13NO3S. The van der Waals surface area contributed by atoms with Crippen LogP contribution in [0.1, 0.15) is 5.76 Å². The highest BCUT2D eigenvalue weighted by atomic mass is 32.2. The lowest BCUT2D eigenvalue weighted by atomic mass is 9.97. The molecule has 98 valence electrons. The molecule has 1 aromatic rings. The third-order valence-corrected chi connectivity index (χ3v) is 3.71. The van der Waals surface area contributed by atoms with E-state index in [1.807, 2.05) is 0 Å². The smallest absolute Gasteiger partial charge is 0.206 e. The highest BCUT2D eigenvalue weighted by molar-refractivity contribution is 8.04. The van der Waals surface area contributed by atoms with Crippen molar-refractivity contribution in [2.75, 3.05) is 5.75 Å². The van der Waals surface area contributed by atoms with E-state index >= 15 is 0 Å². The Morgan fingerprint density at radius 3 is 2.84 bits per heavy atom. The lowest BCUT2D eigenvalue weighted by Gasteiger charge is -2.14. The van der Waals surface area contributed by atoms with Crippen molar-refractivity contribution in [1.82, 2.24) is 0 Å². The molecule has 0 fully saturated rings. The Morgan fingerprint density at radius 1 is 1.42 bits per heavy atom. The Balaban J connectivity index is 2.20. The van der Waals surface area contributed by atoms with E-state index in [2.05, 4.69) is 6.58 Å². The number of furan rings is 1. The summed E-state index contributed by atoms with van der Waals surface area (Å²) in [5, 5.41) is 0. The minimum Gasteiger partial charge on any atom is -0.469 e. The van der Waals surface area contributed by atoms with E-state index in [-0.39, 0.29) is 23.7 Å². The van der Waals surface area contributed by atoms with Gasteiger partial charge in [0.15, 0.2) is 5.78 Å². The Labute approximate surface area is 115 Å². The maximum Gasteiger partial charge on any atom is 0.206 e. The van der Waals surface area contributed by atoms with Crippen molar-refractivity contribution in [1.29, 1.82) is 0 Å². The summed E-state index contributed by atoms with van der Waals surface area (Å²) in [4.78, 5) is 24.3. The number of nitrogens with two attached hydrogens (primary N) is 1. The average Bonchev–Trinajstić information content (AvgIpc) is 2.88. The second kappa shape index (κ2) is 5.75. The molecule has 5 heteroatoms. The molecule has 1 aliphatic carbocycles. The van der Waals surface area contributed by atoms with Gasteiger partial charge in [-0.2, -0.15) is 0 Å². The monoisotopic (exact) mass is 275 g/mol. The summed E-state index contributed by atoms with van der Waals surface area (Å²) in [6, 6.07) is 3.48. The molecule has 2 N–H and O–H groups in total. The van der Waals surface area contributed by atoms with Gasteiger partial charge < -0.3 is 10.2 Å². The fraction of sp³-hybridized carbons (Fsp3) is 0.143. The molecule has 0 spiro atoms.